The van der Waals surface area contributed by atoms with E-state index in [2.05, 4.69) is 0 Å². The number of aliphatic hydroxyl groups is 1. The van der Waals surface area contributed by atoms with Gasteiger partial charge >= 0.3 is 0 Å². The van der Waals surface area contributed by atoms with E-state index in [-0.39, 0.29) is 18.1 Å². The molecule has 4 heteroatoms. The van der Waals surface area contributed by atoms with Crippen LogP contribution >= 0.6 is 0 Å². The van der Waals surface area contributed by atoms with Gasteiger partial charge in [-0.25, -0.2) is 0 Å². The maximum atomic E-state index is 9.75. The van der Waals surface area contributed by atoms with Gasteiger partial charge in [-0.15, -0.1) is 0 Å². The zero-order valence-electron chi connectivity index (χ0n) is 11.4. The molecule has 4 nitrogen and oxygen atoms in total. The summed E-state index contributed by atoms with van der Waals surface area (Å²) >= 11 is 0. The summed E-state index contributed by atoms with van der Waals surface area (Å²) in [5.74, 6) is 0.688. The van der Waals surface area contributed by atoms with Gasteiger partial charge < -0.3 is 19.3 Å². The fraction of sp³-hybridized carbons (Fsp3) is 1.00. The van der Waals surface area contributed by atoms with E-state index in [1.807, 2.05) is 0 Å². The smallest absolute Gasteiger partial charge is 0.0683 e. The number of hydrogen-bond acceptors (Lipinski definition) is 4. The molecule has 0 aromatic carbocycles. The van der Waals surface area contributed by atoms with Crippen LogP contribution in [0.25, 0.3) is 0 Å². The van der Waals surface area contributed by atoms with Crippen molar-refractivity contribution in [3.63, 3.8) is 0 Å². The van der Waals surface area contributed by atoms with E-state index in [4.69, 9.17) is 14.2 Å². The van der Waals surface area contributed by atoms with Crippen molar-refractivity contribution >= 4 is 0 Å². The summed E-state index contributed by atoms with van der Waals surface area (Å²) in [5.41, 5.74) is -0.0393. The van der Waals surface area contributed by atoms with Crippen LogP contribution in [0.15, 0.2) is 0 Å². The van der Waals surface area contributed by atoms with Gasteiger partial charge in [-0.3, -0.25) is 0 Å². The van der Waals surface area contributed by atoms with Crippen LogP contribution < -0.4 is 0 Å². The first-order valence-electron chi connectivity index (χ1n) is 7.11. The quantitative estimate of drug-likeness (QED) is 0.638. The van der Waals surface area contributed by atoms with Crippen molar-refractivity contribution < 1.29 is 19.3 Å². The summed E-state index contributed by atoms with van der Waals surface area (Å²) in [5, 5.41) is 9.75. The molecule has 2 aliphatic rings. The van der Waals surface area contributed by atoms with E-state index in [0.717, 1.165) is 45.7 Å². The van der Waals surface area contributed by atoms with Crippen molar-refractivity contribution in [2.75, 3.05) is 40.1 Å². The Kier molecular flexibility index (Phi) is 5.42. The Morgan fingerprint density at radius 1 is 1.28 bits per heavy atom. The van der Waals surface area contributed by atoms with E-state index in [1.165, 1.54) is 12.8 Å². The third-order valence-electron chi connectivity index (χ3n) is 4.25. The molecule has 0 aromatic heterocycles. The van der Waals surface area contributed by atoms with Gasteiger partial charge in [0.15, 0.2) is 0 Å². The molecule has 106 valence electrons. The highest BCUT2D eigenvalue weighted by Gasteiger charge is 2.50. The van der Waals surface area contributed by atoms with E-state index < -0.39 is 0 Å². The van der Waals surface area contributed by atoms with Crippen molar-refractivity contribution in [2.45, 2.75) is 38.2 Å². The standard InChI is InChI=1S/C14H26O4/c1-16-7-2-8-17-9-5-14(11-15)6-10-18-13(14)12-3-4-12/h12-13,15H,2-11H2,1H3. The number of ether oxygens (including phenoxy) is 3. The lowest BCUT2D eigenvalue weighted by atomic mass is 9.77. The number of rotatable bonds is 9. The number of methoxy groups -OCH3 is 1. The van der Waals surface area contributed by atoms with E-state index in [1.54, 1.807) is 7.11 Å². The summed E-state index contributed by atoms with van der Waals surface area (Å²) in [6, 6.07) is 0. The molecule has 1 saturated heterocycles. The first-order chi connectivity index (χ1) is 8.82. The molecule has 2 unspecified atom stereocenters. The molecule has 1 aliphatic heterocycles. The Morgan fingerprint density at radius 2 is 2.11 bits per heavy atom. The molecule has 1 saturated carbocycles. The highest BCUT2D eigenvalue weighted by atomic mass is 16.5. The molecule has 0 amide bonds. The summed E-state index contributed by atoms with van der Waals surface area (Å²) in [7, 11) is 1.71. The lowest BCUT2D eigenvalue weighted by Crippen LogP contribution is -2.37. The van der Waals surface area contributed by atoms with Crippen molar-refractivity contribution in [1.29, 1.82) is 0 Å². The Morgan fingerprint density at radius 3 is 2.78 bits per heavy atom. The molecule has 0 radical (unpaired) electrons. The second kappa shape index (κ2) is 6.85. The van der Waals surface area contributed by atoms with Crippen molar-refractivity contribution in [3.05, 3.63) is 0 Å². The number of aliphatic hydroxyl groups excluding tert-OH is 1. The molecule has 2 rings (SSSR count). The third kappa shape index (κ3) is 3.44. The van der Waals surface area contributed by atoms with Gasteiger partial charge in [0.2, 0.25) is 0 Å². The van der Waals surface area contributed by atoms with Crippen LogP contribution in [0, 0.1) is 11.3 Å². The van der Waals surface area contributed by atoms with Gasteiger partial charge in [-0.1, -0.05) is 0 Å². The first-order valence-corrected chi connectivity index (χ1v) is 7.11. The zero-order valence-corrected chi connectivity index (χ0v) is 11.4. The average molecular weight is 258 g/mol. The Labute approximate surface area is 110 Å². The monoisotopic (exact) mass is 258 g/mol. The van der Waals surface area contributed by atoms with E-state index in [9.17, 15) is 5.11 Å². The van der Waals surface area contributed by atoms with Gasteiger partial charge in [-0.2, -0.15) is 0 Å². The van der Waals surface area contributed by atoms with Crippen LogP contribution in [-0.2, 0) is 14.2 Å². The number of hydrogen-bond donors (Lipinski definition) is 1. The molecule has 1 N–H and O–H groups in total. The van der Waals surface area contributed by atoms with E-state index >= 15 is 0 Å². The molecule has 2 atom stereocenters. The Hall–Kier alpha value is -0.160. The largest absolute Gasteiger partial charge is 0.396 e. The average Bonchev–Trinajstić information content (AvgIpc) is 3.15. The normalized spacial score (nSPS) is 32.0. The van der Waals surface area contributed by atoms with Crippen LogP contribution in [0.2, 0.25) is 0 Å². The molecule has 1 heterocycles. The lowest BCUT2D eigenvalue weighted by Gasteiger charge is -2.32. The van der Waals surface area contributed by atoms with Gasteiger partial charge in [-0.05, 0) is 38.0 Å². The molecule has 1 aliphatic carbocycles. The van der Waals surface area contributed by atoms with Gasteiger partial charge in [0, 0.05) is 39.0 Å². The second-order valence-electron chi connectivity index (χ2n) is 5.61. The van der Waals surface area contributed by atoms with Crippen LogP contribution in [0.1, 0.15) is 32.1 Å². The molecule has 0 bridgehead atoms. The SMILES string of the molecule is COCCCOCCC1(CO)CCOC1C1CC1. The fourth-order valence-electron chi connectivity index (χ4n) is 2.94. The Balaban J connectivity index is 1.70. The predicted octanol–water partition coefficient (Wildman–Crippen LogP) is 1.61. The minimum absolute atomic E-state index is 0.0393. The highest BCUT2D eigenvalue weighted by molar-refractivity contribution is 4.99. The maximum Gasteiger partial charge on any atom is 0.0683 e. The van der Waals surface area contributed by atoms with Crippen molar-refractivity contribution in [1.82, 2.24) is 0 Å². The zero-order chi connectivity index (χ0) is 12.8. The molecule has 0 aromatic rings. The molecular weight excluding hydrogens is 232 g/mol. The Bertz CT molecular complexity index is 242. The minimum atomic E-state index is -0.0393. The summed E-state index contributed by atoms with van der Waals surface area (Å²) in [4.78, 5) is 0. The van der Waals surface area contributed by atoms with Crippen LogP contribution in [0.3, 0.4) is 0 Å². The second-order valence-corrected chi connectivity index (χ2v) is 5.61. The van der Waals surface area contributed by atoms with Gasteiger partial charge in [0.05, 0.1) is 12.7 Å². The van der Waals surface area contributed by atoms with Crippen molar-refractivity contribution in [3.8, 4) is 0 Å². The highest BCUT2D eigenvalue weighted by Crippen LogP contribution is 2.49. The lowest BCUT2D eigenvalue weighted by molar-refractivity contribution is -0.0213. The molecule has 18 heavy (non-hydrogen) atoms. The topological polar surface area (TPSA) is 47.9 Å². The van der Waals surface area contributed by atoms with Crippen LogP contribution in [0.5, 0.6) is 0 Å². The summed E-state index contributed by atoms with van der Waals surface area (Å²) < 4.78 is 16.4. The third-order valence-corrected chi connectivity index (χ3v) is 4.25. The van der Waals surface area contributed by atoms with Crippen molar-refractivity contribution in [2.24, 2.45) is 11.3 Å². The van der Waals surface area contributed by atoms with Gasteiger partial charge in [0.1, 0.15) is 0 Å². The predicted molar refractivity (Wildman–Crippen MR) is 68.5 cm³/mol. The molecule has 0 spiro atoms. The minimum Gasteiger partial charge on any atom is -0.396 e. The van der Waals surface area contributed by atoms with Gasteiger partial charge in [0.25, 0.3) is 0 Å². The first kappa shape index (κ1) is 14.3. The maximum absolute atomic E-state index is 9.75. The molecular formula is C14H26O4. The summed E-state index contributed by atoms with van der Waals surface area (Å²) in [6.45, 7) is 3.24. The van der Waals surface area contributed by atoms with E-state index in [0.29, 0.717) is 5.92 Å². The molecule has 2 fully saturated rings. The fourth-order valence-corrected chi connectivity index (χ4v) is 2.94. The summed E-state index contributed by atoms with van der Waals surface area (Å²) in [6.07, 6.45) is 5.63. The van der Waals surface area contributed by atoms with Crippen LogP contribution in [0.4, 0.5) is 0 Å². The van der Waals surface area contributed by atoms with Crippen LogP contribution in [-0.4, -0.2) is 51.4 Å².